The van der Waals surface area contributed by atoms with Gasteiger partial charge < -0.3 is 10.1 Å². The van der Waals surface area contributed by atoms with Gasteiger partial charge in [-0.25, -0.2) is 0 Å². The molecule has 0 aliphatic carbocycles. The highest BCUT2D eigenvalue weighted by molar-refractivity contribution is 5.21. The summed E-state index contributed by atoms with van der Waals surface area (Å²) < 4.78 is 5.28. The van der Waals surface area contributed by atoms with E-state index in [9.17, 15) is 10.1 Å². The van der Waals surface area contributed by atoms with Crippen LogP contribution in [0.1, 0.15) is 26.7 Å². The number of nitrogens with zero attached hydrogens (tertiary/aromatic N) is 1. The smallest absolute Gasteiger partial charge is 0.330 e. The molecule has 0 aliphatic heterocycles. The molecule has 0 aromatic carbocycles. The molecule has 0 radical (unpaired) electrons. The Labute approximate surface area is 90.0 Å². The van der Waals surface area contributed by atoms with Gasteiger partial charge in [-0.2, -0.15) is 0 Å². The molecule has 0 unspecified atom stereocenters. The standard InChI is InChI=1S/C10H18N2O3/c1-5-6-7-15-10(11-4)9(8(2)3)12(13)14/h11H,2,5-7H2,1,3-4H3/b10-9-. The second-order valence-electron chi connectivity index (χ2n) is 3.17. The Morgan fingerprint density at radius 1 is 1.60 bits per heavy atom. The second kappa shape index (κ2) is 6.86. The molecule has 0 saturated heterocycles. The molecule has 0 spiro atoms. The van der Waals surface area contributed by atoms with Crippen LogP contribution in [-0.2, 0) is 4.74 Å². The number of nitrogens with one attached hydrogen (secondary N) is 1. The largest absolute Gasteiger partial charge is 0.474 e. The molecule has 0 rings (SSSR count). The van der Waals surface area contributed by atoms with E-state index in [2.05, 4.69) is 11.9 Å². The van der Waals surface area contributed by atoms with E-state index >= 15 is 0 Å². The number of ether oxygens (including phenoxy) is 1. The van der Waals surface area contributed by atoms with Crippen molar-refractivity contribution in [1.29, 1.82) is 0 Å². The summed E-state index contributed by atoms with van der Waals surface area (Å²) in [5.74, 6) is 0.181. The summed E-state index contributed by atoms with van der Waals surface area (Å²) in [4.78, 5) is 10.3. The van der Waals surface area contributed by atoms with Gasteiger partial charge in [0.25, 0.3) is 5.88 Å². The Morgan fingerprint density at radius 3 is 2.53 bits per heavy atom. The zero-order valence-corrected chi connectivity index (χ0v) is 9.50. The maximum Gasteiger partial charge on any atom is 0.330 e. The van der Waals surface area contributed by atoms with E-state index in [-0.39, 0.29) is 11.6 Å². The number of rotatable bonds is 7. The minimum absolute atomic E-state index is 0.0893. The first-order chi connectivity index (χ1) is 7.04. The van der Waals surface area contributed by atoms with Crippen LogP contribution in [0.4, 0.5) is 0 Å². The predicted octanol–water partition coefficient (Wildman–Crippen LogP) is 2.04. The van der Waals surface area contributed by atoms with Crippen molar-refractivity contribution in [2.45, 2.75) is 26.7 Å². The fourth-order valence-corrected chi connectivity index (χ4v) is 1.01. The van der Waals surface area contributed by atoms with E-state index in [4.69, 9.17) is 4.74 Å². The maximum atomic E-state index is 10.7. The molecule has 5 heteroatoms. The molecule has 5 nitrogen and oxygen atoms in total. The summed E-state index contributed by atoms with van der Waals surface area (Å²) in [6, 6.07) is 0. The Morgan fingerprint density at radius 2 is 2.20 bits per heavy atom. The Balaban J connectivity index is 4.73. The van der Waals surface area contributed by atoms with Gasteiger partial charge in [0.1, 0.15) is 0 Å². The summed E-state index contributed by atoms with van der Waals surface area (Å²) in [5.41, 5.74) is 0.287. The summed E-state index contributed by atoms with van der Waals surface area (Å²) >= 11 is 0. The van der Waals surface area contributed by atoms with Crippen molar-refractivity contribution in [2.24, 2.45) is 0 Å². The van der Waals surface area contributed by atoms with Crippen molar-refractivity contribution >= 4 is 0 Å². The lowest BCUT2D eigenvalue weighted by molar-refractivity contribution is -0.424. The number of nitro groups is 1. The van der Waals surface area contributed by atoms with Crippen LogP contribution in [0.3, 0.4) is 0 Å². The van der Waals surface area contributed by atoms with Gasteiger partial charge in [0.15, 0.2) is 0 Å². The van der Waals surface area contributed by atoms with Crippen molar-refractivity contribution in [3.63, 3.8) is 0 Å². The molecule has 0 bridgehead atoms. The third kappa shape index (κ3) is 4.49. The molecular formula is C10H18N2O3. The van der Waals surface area contributed by atoms with E-state index in [1.807, 2.05) is 6.92 Å². The van der Waals surface area contributed by atoms with Crippen molar-refractivity contribution in [3.05, 3.63) is 33.8 Å². The van der Waals surface area contributed by atoms with Crippen LogP contribution < -0.4 is 5.32 Å². The summed E-state index contributed by atoms with van der Waals surface area (Å²) in [6.45, 7) is 7.63. The summed E-state index contributed by atoms with van der Waals surface area (Å²) in [5, 5.41) is 13.4. The first-order valence-corrected chi connectivity index (χ1v) is 4.89. The Kier molecular flexibility index (Phi) is 6.17. The Bertz CT molecular complexity index is 256. The lowest BCUT2D eigenvalue weighted by atomic mass is 10.2. The molecule has 0 fully saturated rings. The van der Waals surface area contributed by atoms with Gasteiger partial charge >= 0.3 is 5.70 Å². The van der Waals surface area contributed by atoms with Gasteiger partial charge in [-0.05, 0) is 13.3 Å². The quantitative estimate of drug-likeness (QED) is 0.231. The number of allylic oxidation sites excluding steroid dienone is 1. The SMILES string of the molecule is C=C(C)/C(=C(\NC)OCCCC)[N+](=O)[O-]. The minimum atomic E-state index is -0.486. The molecule has 0 aromatic rings. The lowest BCUT2D eigenvalue weighted by Gasteiger charge is -2.09. The third-order valence-corrected chi connectivity index (χ3v) is 1.77. The van der Waals surface area contributed by atoms with Gasteiger partial charge in [0, 0.05) is 12.6 Å². The molecule has 1 N–H and O–H groups in total. The van der Waals surface area contributed by atoms with Gasteiger partial charge in [0.2, 0.25) is 0 Å². The monoisotopic (exact) mass is 214 g/mol. The van der Waals surface area contributed by atoms with E-state index in [1.165, 1.54) is 0 Å². The predicted molar refractivity (Wildman–Crippen MR) is 58.8 cm³/mol. The van der Waals surface area contributed by atoms with Crippen molar-refractivity contribution < 1.29 is 9.66 Å². The average Bonchev–Trinajstić information content (AvgIpc) is 2.15. The van der Waals surface area contributed by atoms with Crippen molar-refractivity contribution in [3.8, 4) is 0 Å². The Hall–Kier alpha value is -1.52. The molecule has 0 saturated carbocycles. The van der Waals surface area contributed by atoms with Crippen LogP contribution in [0.2, 0.25) is 0 Å². The zero-order chi connectivity index (χ0) is 11.8. The fraction of sp³-hybridized carbons (Fsp3) is 0.600. The highest BCUT2D eigenvalue weighted by atomic mass is 16.6. The maximum absolute atomic E-state index is 10.7. The molecule has 0 aliphatic rings. The highest BCUT2D eigenvalue weighted by Gasteiger charge is 2.20. The highest BCUT2D eigenvalue weighted by Crippen LogP contribution is 2.13. The first-order valence-electron chi connectivity index (χ1n) is 4.89. The fourth-order valence-electron chi connectivity index (χ4n) is 1.01. The molecule has 0 aromatic heterocycles. The van der Waals surface area contributed by atoms with Crippen LogP contribution >= 0.6 is 0 Å². The van der Waals surface area contributed by atoms with Crippen molar-refractivity contribution in [2.75, 3.05) is 13.7 Å². The first kappa shape index (κ1) is 13.5. The molecule has 15 heavy (non-hydrogen) atoms. The van der Waals surface area contributed by atoms with Gasteiger partial charge in [0.05, 0.1) is 11.5 Å². The zero-order valence-electron chi connectivity index (χ0n) is 9.50. The van der Waals surface area contributed by atoms with Gasteiger partial charge in [-0.1, -0.05) is 19.9 Å². The van der Waals surface area contributed by atoms with Crippen LogP contribution in [0.5, 0.6) is 0 Å². The molecular weight excluding hydrogens is 196 g/mol. The van der Waals surface area contributed by atoms with E-state index < -0.39 is 4.92 Å². The van der Waals surface area contributed by atoms with Crippen LogP contribution in [-0.4, -0.2) is 18.6 Å². The van der Waals surface area contributed by atoms with E-state index in [0.717, 1.165) is 12.8 Å². The van der Waals surface area contributed by atoms with Crippen LogP contribution in [0, 0.1) is 10.1 Å². The number of unbranched alkanes of at least 4 members (excludes halogenated alkanes) is 1. The lowest BCUT2D eigenvalue weighted by Crippen LogP contribution is -2.17. The van der Waals surface area contributed by atoms with Gasteiger partial charge in [-0.15, -0.1) is 0 Å². The number of hydrogen-bond acceptors (Lipinski definition) is 4. The van der Waals surface area contributed by atoms with E-state index in [1.54, 1.807) is 14.0 Å². The topological polar surface area (TPSA) is 64.4 Å². The molecule has 0 heterocycles. The van der Waals surface area contributed by atoms with Crippen LogP contribution in [0.15, 0.2) is 23.7 Å². The minimum Gasteiger partial charge on any atom is -0.474 e. The van der Waals surface area contributed by atoms with Gasteiger partial charge in [-0.3, -0.25) is 10.1 Å². The normalized spacial score (nSPS) is 11.7. The second-order valence-corrected chi connectivity index (χ2v) is 3.17. The van der Waals surface area contributed by atoms with E-state index in [0.29, 0.717) is 12.2 Å². The van der Waals surface area contributed by atoms with Crippen LogP contribution in [0.25, 0.3) is 0 Å². The average molecular weight is 214 g/mol. The third-order valence-electron chi connectivity index (χ3n) is 1.77. The molecule has 86 valence electrons. The molecule has 0 amide bonds. The van der Waals surface area contributed by atoms with Crippen molar-refractivity contribution in [1.82, 2.24) is 5.32 Å². The summed E-state index contributed by atoms with van der Waals surface area (Å²) in [7, 11) is 1.59. The number of hydrogen-bond donors (Lipinski definition) is 1. The summed E-state index contributed by atoms with van der Waals surface area (Å²) in [6.07, 6.45) is 1.85. The molecule has 0 atom stereocenters.